The molecule has 2 rings (SSSR count). The van der Waals surface area contributed by atoms with Crippen LogP contribution in [0.25, 0.3) is 0 Å². The molecule has 1 fully saturated rings. The second-order valence-electron chi connectivity index (χ2n) is 5.67. The third-order valence-electron chi connectivity index (χ3n) is 3.39. The van der Waals surface area contributed by atoms with Crippen molar-refractivity contribution in [1.29, 1.82) is 0 Å². The average molecular weight is 292 g/mol. The van der Waals surface area contributed by atoms with Crippen LogP contribution in [-0.4, -0.2) is 42.7 Å². The van der Waals surface area contributed by atoms with Crippen molar-refractivity contribution in [3.63, 3.8) is 0 Å². The fourth-order valence-electron chi connectivity index (χ4n) is 1.88. The lowest BCUT2D eigenvalue weighted by molar-refractivity contribution is 0.0902. The molecular formula is C15H24N4O2. The first-order valence-electron chi connectivity index (χ1n) is 7.52. The molecule has 1 saturated carbocycles. The van der Waals surface area contributed by atoms with Gasteiger partial charge in [0, 0.05) is 26.1 Å². The van der Waals surface area contributed by atoms with Gasteiger partial charge in [-0.1, -0.05) is 13.8 Å². The summed E-state index contributed by atoms with van der Waals surface area (Å²) < 4.78 is 5.50. The largest absolute Gasteiger partial charge is 0.385 e. The van der Waals surface area contributed by atoms with Crippen molar-refractivity contribution in [3.05, 3.63) is 17.7 Å². The molecule has 0 atom stereocenters. The Morgan fingerprint density at radius 1 is 1.48 bits per heavy atom. The fraction of sp³-hybridized carbons (Fsp3) is 0.667. The number of carbonyl (C=O) groups is 1. The van der Waals surface area contributed by atoms with Crippen LogP contribution in [0, 0.1) is 5.92 Å². The Hall–Kier alpha value is -1.69. The highest BCUT2D eigenvalue weighted by atomic mass is 16.5. The van der Waals surface area contributed by atoms with E-state index in [0.29, 0.717) is 30.4 Å². The molecule has 1 heterocycles. The van der Waals surface area contributed by atoms with Gasteiger partial charge in [-0.25, -0.2) is 9.97 Å². The summed E-state index contributed by atoms with van der Waals surface area (Å²) in [5.74, 6) is 1.40. The molecule has 1 amide bonds. The third-order valence-corrected chi connectivity index (χ3v) is 3.39. The fourth-order valence-corrected chi connectivity index (χ4v) is 1.88. The molecule has 1 aromatic rings. The monoisotopic (exact) mass is 292 g/mol. The average Bonchev–Trinajstić information content (AvgIpc) is 3.30. The van der Waals surface area contributed by atoms with E-state index in [1.807, 2.05) is 13.8 Å². The molecule has 0 saturated heterocycles. The minimum Gasteiger partial charge on any atom is -0.385 e. The van der Waals surface area contributed by atoms with Crippen LogP contribution in [-0.2, 0) is 4.74 Å². The zero-order valence-corrected chi connectivity index (χ0v) is 13.0. The zero-order valence-electron chi connectivity index (χ0n) is 13.0. The van der Waals surface area contributed by atoms with E-state index in [1.54, 1.807) is 13.2 Å². The molecule has 0 unspecified atom stereocenters. The highest BCUT2D eigenvalue weighted by Crippen LogP contribution is 2.28. The van der Waals surface area contributed by atoms with Gasteiger partial charge in [0.05, 0.1) is 18.5 Å². The number of hydrogen-bond acceptors (Lipinski definition) is 5. The van der Waals surface area contributed by atoms with Crippen LogP contribution in [0.4, 0.5) is 5.69 Å². The van der Waals surface area contributed by atoms with E-state index in [4.69, 9.17) is 4.74 Å². The summed E-state index contributed by atoms with van der Waals surface area (Å²) in [6.07, 6.45) is 4.20. The Morgan fingerprint density at radius 3 is 2.86 bits per heavy atom. The number of anilines is 1. The first-order valence-corrected chi connectivity index (χ1v) is 7.52. The SMILES string of the molecule is CNc1cnc(C(C)C)nc1C(=O)NCCOCC1CC1. The number of rotatable bonds is 8. The molecule has 1 aromatic heterocycles. The zero-order chi connectivity index (χ0) is 15.2. The second-order valence-corrected chi connectivity index (χ2v) is 5.67. The Balaban J connectivity index is 1.88. The van der Waals surface area contributed by atoms with E-state index in [2.05, 4.69) is 20.6 Å². The number of aromatic nitrogens is 2. The Morgan fingerprint density at radius 2 is 2.24 bits per heavy atom. The van der Waals surface area contributed by atoms with Crippen LogP contribution in [0.5, 0.6) is 0 Å². The van der Waals surface area contributed by atoms with E-state index < -0.39 is 0 Å². The number of nitrogens with zero attached hydrogens (tertiary/aromatic N) is 2. The van der Waals surface area contributed by atoms with Crippen LogP contribution in [0.2, 0.25) is 0 Å². The molecule has 6 nitrogen and oxygen atoms in total. The standard InChI is InChI=1S/C15H24N4O2/c1-10(2)14-18-8-12(16-3)13(19-14)15(20)17-6-7-21-9-11-4-5-11/h8,10-11,16H,4-7,9H2,1-3H3,(H,17,20). The number of nitrogens with one attached hydrogen (secondary N) is 2. The Labute approximate surface area is 125 Å². The lowest BCUT2D eigenvalue weighted by atomic mass is 10.2. The molecule has 0 aromatic carbocycles. The lowest BCUT2D eigenvalue weighted by Gasteiger charge is -2.11. The maximum Gasteiger partial charge on any atom is 0.272 e. The van der Waals surface area contributed by atoms with E-state index in [0.717, 1.165) is 12.5 Å². The Kier molecular flexibility index (Phi) is 5.50. The molecular weight excluding hydrogens is 268 g/mol. The lowest BCUT2D eigenvalue weighted by Crippen LogP contribution is -2.29. The quantitative estimate of drug-likeness (QED) is 0.715. The molecule has 1 aliphatic carbocycles. The molecule has 6 heteroatoms. The van der Waals surface area contributed by atoms with Gasteiger partial charge in [0.15, 0.2) is 5.69 Å². The normalized spacial score (nSPS) is 14.3. The van der Waals surface area contributed by atoms with Gasteiger partial charge in [0.1, 0.15) is 5.82 Å². The van der Waals surface area contributed by atoms with Crippen molar-refractivity contribution >= 4 is 11.6 Å². The third kappa shape index (κ3) is 4.67. The number of carbonyl (C=O) groups excluding carboxylic acids is 1. The maximum absolute atomic E-state index is 12.2. The maximum atomic E-state index is 12.2. The molecule has 0 aliphatic heterocycles. The van der Waals surface area contributed by atoms with E-state index in [9.17, 15) is 4.79 Å². The summed E-state index contributed by atoms with van der Waals surface area (Å²) in [4.78, 5) is 20.8. The number of hydrogen-bond donors (Lipinski definition) is 2. The summed E-state index contributed by atoms with van der Waals surface area (Å²) in [6.45, 7) is 5.85. The van der Waals surface area contributed by atoms with Crippen LogP contribution in [0.1, 0.15) is 48.9 Å². The van der Waals surface area contributed by atoms with Gasteiger partial charge in [-0.05, 0) is 18.8 Å². The minimum absolute atomic E-state index is 0.185. The molecule has 0 spiro atoms. The van der Waals surface area contributed by atoms with Gasteiger partial charge >= 0.3 is 0 Å². The van der Waals surface area contributed by atoms with Gasteiger partial charge in [-0.15, -0.1) is 0 Å². The van der Waals surface area contributed by atoms with E-state index in [1.165, 1.54) is 12.8 Å². The summed E-state index contributed by atoms with van der Waals surface area (Å²) in [5, 5.41) is 5.79. The van der Waals surface area contributed by atoms with Crippen LogP contribution >= 0.6 is 0 Å². The van der Waals surface area contributed by atoms with Crippen LogP contribution in [0.3, 0.4) is 0 Å². The molecule has 1 aliphatic rings. The molecule has 0 bridgehead atoms. The second kappa shape index (κ2) is 7.36. The predicted octanol–water partition coefficient (Wildman–Crippen LogP) is 1.80. The van der Waals surface area contributed by atoms with Crippen molar-refractivity contribution in [2.75, 3.05) is 32.1 Å². The van der Waals surface area contributed by atoms with Gasteiger partial charge in [0.25, 0.3) is 5.91 Å². The van der Waals surface area contributed by atoms with E-state index in [-0.39, 0.29) is 11.8 Å². The van der Waals surface area contributed by atoms with Gasteiger partial charge in [-0.3, -0.25) is 4.79 Å². The van der Waals surface area contributed by atoms with E-state index >= 15 is 0 Å². The first-order chi connectivity index (χ1) is 10.1. The summed E-state index contributed by atoms with van der Waals surface area (Å²) in [7, 11) is 1.75. The van der Waals surface area contributed by atoms with Crippen molar-refractivity contribution in [3.8, 4) is 0 Å². The molecule has 116 valence electrons. The van der Waals surface area contributed by atoms with Gasteiger partial charge < -0.3 is 15.4 Å². The summed E-state index contributed by atoms with van der Waals surface area (Å²) in [5.41, 5.74) is 1.02. The number of amides is 1. The van der Waals surface area contributed by atoms with Gasteiger partial charge in [0.2, 0.25) is 0 Å². The van der Waals surface area contributed by atoms with Crippen molar-refractivity contribution in [2.45, 2.75) is 32.6 Å². The Bertz CT molecular complexity index is 487. The highest BCUT2D eigenvalue weighted by Gasteiger charge is 2.21. The number of ether oxygens (including phenoxy) is 1. The van der Waals surface area contributed by atoms with Crippen molar-refractivity contribution in [1.82, 2.24) is 15.3 Å². The van der Waals surface area contributed by atoms with Crippen LogP contribution in [0.15, 0.2) is 6.20 Å². The van der Waals surface area contributed by atoms with Crippen LogP contribution < -0.4 is 10.6 Å². The molecule has 0 radical (unpaired) electrons. The predicted molar refractivity (Wildman–Crippen MR) is 81.5 cm³/mol. The first kappa shape index (κ1) is 15.7. The van der Waals surface area contributed by atoms with Crippen molar-refractivity contribution < 1.29 is 9.53 Å². The van der Waals surface area contributed by atoms with Crippen molar-refractivity contribution in [2.24, 2.45) is 5.92 Å². The smallest absolute Gasteiger partial charge is 0.272 e. The highest BCUT2D eigenvalue weighted by molar-refractivity contribution is 5.97. The summed E-state index contributed by atoms with van der Waals surface area (Å²) >= 11 is 0. The van der Waals surface area contributed by atoms with Gasteiger partial charge in [-0.2, -0.15) is 0 Å². The molecule has 2 N–H and O–H groups in total. The minimum atomic E-state index is -0.196. The topological polar surface area (TPSA) is 76.1 Å². The molecule has 21 heavy (non-hydrogen) atoms. The summed E-state index contributed by atoms with van der Waals surface area (Å²) in [6, 6.07) is 0.